The molecule has 0 bridgehead atoms. The van der Waals surface area contributed by atoms with E-state index >= 15 is 0 Å². The highest BCUT2D eigenvalue weighted by Crippen LogP contribution is 2.41. The third-order valence-electron chi connectivity index (χ3n) is 6.13. The smallest absolute Gasteiger partial charge is 0.200 e. The summed E-state index contributed by atoms with van der Waals surface area (Å²) in [5.74, 6) is 0. The number of aromatic nitrogens is 1. The fourth-order valence-electron chi connectivity index (χ4n) is 4.90. The van der Waals surface area contributed by atoms with Gasteiger partial charge in [-0.05, 0) is 56.3 Å². The summed E-state index contributed by atoms with van der Waals surface area (Å²) in [6.07, 6.45) is 2.18. The minimum Gasteiger partial charge on any atom is -0.200 e. The van der Waals surface area contributed by atoms with E-state index in [0.29, 0.717) is 0 Å². The van der Waals surface area contributed by atoms with E-state index in [0.717, 1.165) is 0 Å². The van der Waals surface area contributed by atoms with Gasteiger partial charge in [-0.15, -0.1) is 0 Å². The molecule has 0 saturated heterocycles. The second-order valence-electron chi connectivity index (χ2n) is 7.79. The van der Waals surface area contributed by atoms with E-state index in [4.69, 9.17) is 0 Å². The molecule has 0 radical (unpaired) electrons. The SMILES string of the molecule is Cc1cc2ccc3cccc4ccc(c1-c1c5ccccc5cc[n+]1C)c2c34. The van der Waals surface area contributed by atoms with Crippen LogP contribution in [0.4, 0.5) is 0 Å². The summed E-state index contributed by atoms with van der Waals surface area (Å²) in [6, 6.07) is 28.9. The molecular weight excluding hydrogens is 338 g/mol. The van der Waals surface area contributed by atoms with Crippen molar-refractivity contribution in [2.45, 2.75) is 6.92 Å². The third-order valence-corrected chi connectivity index (χ3v) is 6.13. The molecule has 0 aliphatic rings. The normalized spacial score (nSPS) is 11.9. The molecule has 132 valence electrons. The van der Waals surface area contributed by atoms with Crippen molar-refractivity contribution in [3.63, 3.8) is 0 Å². The Morgan fingerprint density at radius 1 is 0.607 bits per heavy atom. The summed E-state index contributed by atoms with van der Waals surface area (Å²) in [7, 11) is 2.15. The number of nitrogens with zero attached hydrogens (tertiary/aromatic N) is 1. The van der Waals surface area contributed by atoms with Gasteiger partial charge in [0, 0.05) is 6.07 Å². The van der Waals surface area contributed by atoms with Crippen LogP contribution in [0.25, 0.3) is 54.3 Å². The summed E-state index contributed by atoms with van der Waals surface area (Å²) in [5, 5.41) is 10.6. The molecule has 0 aliphatic carbocycles. The van der Waals surface area contributed by atoms with E-state index < -0.39 is 0 Å². The lowest BCUT2D eigenvalue weighted by molar-refractivity contribution is -0.659. The Balaban J connectivity index is 1.88. The number of aryl methyl sites for hydroxylation is 2. The van der Waals surface area contributed by atoms with Crippen LogP contribution in [0.2, 0.25) is 0 Å². The number of hydrogen-bond acceptors (Lipinski definition) is 0. The first-order chi connectivity index (χ1) is 13.7. The lowest BCUT2D eigenvalue weighted by Gasteiger charge is -2.16. The van der Waals surface area contributed by atoms with Crippen molar-refractivity contribution in [2.75, 3.05) is 0 Å². The van der Waals surface area contributed by atoms with Crippen molar-refractivity contribution < 1.29 is 4.57 Å². The van der Waals surface area contributed by atoms with Crippen molar-refractivity contribution in [3.05, 3.63) is 90.6 Å². The Morgan fingerprint density at radius 3 is 2.18 bits per heavy atom. The minimum atomic E-state index is 1.28. The van der Waals surface area contributed by atoms with Gasteiger partial charge in [0.15, 0.2) is 6.20 Å². The van der Waals surface area contributed by atoms with E-state index in [2.05, 4.69) is 104 Å². The lowest BCUT2D eigenvalue weighted by Crippen LogP contribution is -2.30. The minimum absolute atomic E-state index is 1.28. The van der Waals surface area contributed by atoms with Crippen LogP contribution in [-0.2, 0) is 7.05 Å². The summed E-state index contributed by atoms with van der Waals surface area (Å²) in [6.45, 7) is 2.24. The second kappa shape index (κ2) is 5.53. The molecule has 0 unspecified atom stereocenters. The number of benzene rings is 5. The van der Waals surface area contributed by atoms with Crippen LogP contribution in [0.1, 0.15) is 5.56 Å². The van der Waals surface area contributed by atoms with Crippen LogP contribution >= 0.6 is 0 Å². The Morgan fingerprint density at radius 2 is 1.32 bits per heavy atom. The Bertz CT molecular complexity index is 1510. The fraction of sp³-hybridized carbons (Fsp3) is 0.0741. The monoisotopic (exact) mass is 358 g/mol. The standard InChI is InChI=1S/C27H20N/c1-17-16-21-11-10-19-7-5-8-20-12-13-23(26(21)25(19)20)24(17)27-22-9-4-3-6-18(22)14-15-28(27)2/h3-16H,1-2H3/q+1. The van der Waals surface area contributed by atoms with Gasteiger partial charge in [0.1, 0.15) is 7.05 Å². The van der Waals surface area contributed by atoms with Gasteiger partial charge in [0.2, 0.25) is 5.69 Å². The van der Waals surface area contributed by atoms with E-state index in [9.17, 15) is 0 Å². The fourth-order valence-corrected chi connectivity index (χ4v) is 4.90. The predicted octanol–water partition coefficient (Wildman–Crippen LogP) is 6.54. The largest absolute Gasteiger partial charge is 0.221 e. The number of hydrogen-bond donors (Lipinski definition) is 0. The molecule has 1 aromatic heterocycles. The zero-order valence-electron chi connectivity index (χ0n) is 16.0. The van der Waals surface area contributed by atoms with E-state index in [1.54, 1.807) is 0 Å². The topological polar surface area (TPSA) is 3.88 Å². The molecule has 1 heterocycles. The first kappa shape index (κ1) is 15.6. The zero-order chi connectivity index (χ0) is 18.8. The van der Waals surface area contributed by atoms with Gasteiger partial charge >= 0.3 is 0 Å². The third kappa shape index (κ3) is 1.99. The van der Waals surface area contributed by atoms with Crippen LogP contribution in [0.5, 0.6) is 0 Å². The van der Waals surface area contributed by atoms with E-state index in [1.807, 2.05) is 0 Å². The molecule has 0 amide bonds. The highest BCUT2D eigenvalue weighted by Gasteiger charge is 2.21. The maximum Gasteiger partial charge on any atom is 0.221 e. The highest BCUT2D eigenvalue weighted by atomic mass is 14.9. The van der Waals surface area contributed by atoms with Gasteiger partial charge in [0.25, 0.3) is 0 Å². The summed E-state index contributed by atoms with van der Waals surface area (Å²) >= 11 is 0. The molecule has 5 aromatic carbocycles. The predicted molar refractivity (Wildman–Crippen MR) is 119 cm³/mol. The molecule has 28 heavy (non-hydrogen) atoms. The molecule has 6 rings (SSSR count). The van der Waals surface area contributed by atoms with Gasteiger partial charge in [0.05, 0.1) is 10.9 Å². The van der Waals surface area contributed by atoms with Crippen molar-refractivity contribution in [3.8, 4) is 11.3 Å². The first-order valence-corrected chi connectivity index (χ1v) is 9.77. The van der Waals surface area contributed by atoms with Crippen LogP contribution in [0.15, 0.2) is 85.1 Å². The summed E-state index contributed by atoms with van der Waals surface area (Å²) in [5.41, 5.74) is 3.94. The average molecular weight is 358 g/mol. The van der Waals surface area contributed by atoms with E-state index in [-0.39, 0.29) is 0 Å². The first-order valence-electron chi connectivity index (χ1n) is 9.77. The Kier molecular flexibility index (Phi) is 3.08. The Labute approximate surface area is 163 Å². The molecule has 1 heteroatoms. The summed E-state index contributed by atoms with van der Waals surface area (Å²) in [4.78, 5) is 0. The van der Waals surface area contributed by atoms with Gasteiger partial charge in [-0.1, -0.05) is 66.7 Å². The van der Waals surface area contributed by atoms with Crippen molar-refractivity contribution in [1.82, 2.24) is 0 Å². The lowest BCUT2D eigenvalue weighted by atomic mass is 9.87. The van der Waals surface area contributed by atoms with E-state index in [1.165, 1.54) is 59.9 Å². The second-order valence-corrected chi connectivity index (χ2v) is 7.79. The van der Waals surface area contributed by atoms with Crippen molar-refractivity contribution >= 4 is 43.1 Å². The Hall–Kier alpha value is -3.45. The van der Waals surface area contributed by atoms with Crippen LogP contribution in [0.3, 0.4) is 0 Å². The molecule has 0 atom stereocenters. The van der Waals surface area contributed by atoms with Crippen LogP contribution in [0, 0.1) is 6.92 Å². The number of fused-ring (bicyclic) bond motifs is 1. The zero-order valence-corrected chi connectivity index (χ0v) is 16.0. The van der Waals surface area contributed by atoms with Gasteiger partial charge in [-0.2, -0.15) is 0 Å². The van der Waals surface area contributed by atoms with Crippen molar-refractivity contribution in [1.29, 1.82) is 0 Å². The van der Waals surface area contributed by atoms with Crippen LogP contribution < -0.4 is 4.57 Å². The molecule has 1 nitrogen and oxygen atoms in total. The molecule has 0 saturated carbocycles. The highest BCUT2D eigenvalue weighted by molar-refractivity contribution is 6.26. The average Bonchev–Trinajstić information content (AvgIpc) is 2.72. The van der Waals surface area contributed by atoms with Crippen LogP contribution in [-0.4, -0.2) is 0 Å². The number of pyridine rings is 1. The number of rotatable bonds is 1. The quantitative estimate of drug-likeness (QED) is 0.232. The maximum absolute atomic E-state index is 2.35. The molecule has 0 aliphatic heterocycles. The molecule has 6 aromatic rings. The molecule has 0 fully saturated rings. The molecule has 0 spiro atoms. The van der Waals surface area contributed by atoms with Gasteiger partial charge < -0.3 is 0 Å². The molecular formula is C27H20N+. The maximum atomic E-state index is 2.35. The van der Waals surface area contributed by atoms with Crippen molar-refractivity contribution in [2.24, 2.45) is 7.05 Å². The van der Waals surface area contributed by atoms with Gasteiger partial charge in [-0.3, -0.25) is 0 Å². The van der Waals surface area contributed by atoms with Gasteiger partial charge in [-0.25, -0.2) is 4.57 Å². The molecule has 0 N–H and O–H groups in total. The summed E-state index contributed by atoms with van der Waals surface area (Å²) < 4.78 is 2.27.